The summed E-state index contributed by atoms with van der Waals surface area (Å²) in [4.78, 5) is 15.8. The van der Waals surface area contributed by atoms with Crippen molar-refractivity contribution in [2.75, 3.05) is 0 Å². The number of thiophene rings is 1. The summed E-state index contributed by atoms with van der Waals surface area (Å²) in [6.07, 6.45) is 0. The first-order valence-corrected chi connectivity index (χ1v) is 22.4. The fraction of sp³-hybridized carbons (Fsp3) is 0. The lowest BCUT2D eigenvalue weighted by molar-refractivity contribution is 1.08. The van der Waals surface area contributed by atoms with Gasteiger partial charge in [0, 0.05) is 53.2 Å². The van der Waals surface area contributed by atoms with Crippen LogP contribution < -0.4 is 0 Å². The largest absolute Gasteiger partial charge is 0.309 e. The zero-order valence-electron chi connectivity index (χ0n) is 34.5. The van der Waals surface area contributed by atoms with E-state index in [-0.39, 0.29) is 0 Å². The number of nitrogens with zero attached hydrogens (tertiary/aromatic N) is 4. The van der Waals surface area contributed by atoms with Crippen molar-refractivity contribution in [3.05, 3.63) is 218 Å². The second-order valence-corrected chi connectivity index (χ2v) is 17.5. The molecule has 298 valence electrons. The number of aromatic nitrogens is 4. The second-order valence-electron chi connectivity index (χ2n) is 16.4. The van der Waals surface area contributed by atoms with Crippen molar-refractivity contribution in [1.29, 1.82) is 0 Å². The third-order valence-electron chi connectivity index (χ3n) is 12.6. The number of fused-ring (bicyclic) bond motifs is 8. The SMILES string of the molecule is c1ccc(-c2cccc(-c3cc(-c4nc(-c5ccccc5)nc(-c5cccc6c5sc5ccccc56)n4)ccc3-n3c4cc5ccccc5cc4c4cc5ccccc5cc43)c2)cc1. The van der Waals surface area contributed by atoms with Crippen molar-refractivity contribution in [3.63, 3.8) is 0 Å². The maximum atomic E-state index is 5.36. The van der Waals surface area contributed by atoms with E-state index in [1.54, 1.807) is 11.3 Å². The molecule has 0 fully saturated rings. The Kier molecular flexibility index (Phi) is 8.36. The van der Waals surface area contributed by atoms with Crippen LogP contribution in [0.4, 0.5) is 0 Å². The molecule has 0 bridgehead atoms. The van der Waals surface area contributed by atoms with E-state index in [1.807, 2.05) is 18.2 Å². The van der Waals surface area contributed by atoms with Crippen LogP contribution in [-0.4, -0.2) is 19.5 Å². The maximum absolute atomic E-state index is 5.36. The van der Waals surface area contributed by atoms with Crippen molar-refractivity contribution in [1.82, 2.24) is 19.5 Å². The summed E-state index contributed by atoms with van der Waals surface area (Å²) in [5.41, 5.74) is 10.7. The topological polar surface area (TPSA) is 43.6 Å². The molecule has 0 unspecified atom stereocenters. The van der Waals surface area contributed by atoms with Gasteiger partial charge in [0.1, 0.15) is 0 Å². The number of hydrogen-bond donors (Lipinski definition) is 0. The lowest BCUT2D eigenvalue weighted by Crippen LogP contribution is -2.02. The lowest BCUT2D eigenvalue weighted by Gasteiger charge is -2.17. The van der Waals surface area contributed by atoms with Crippen LogP contribution in [0.1, 0.15) is 0 Å². The van der Waals surface area contributed by atoms with Crippen LogP contribution in [0, 0.1) is 0 Å². The highest BCUT2D eigenvalue weighted by molar-refractivity contribution is 7.26. The number of benzene rings is 10. The van der Waals surface area contributed by atoms with Crippen LogP contribution in [0.5, 0.6) is 0 Å². The summed E-state index contributed by atoms with van der Waals surface area (Å²) in [7, 11) is 0. The normalized spacial score (nSPS) is 11.8. The first-order valence-electron chi connectivity index (χ1n) is 21.6. The molecule has 0 saturated carbocycles. The molecular formula is C59H36N4S. The molecule has 0 spiro atoms. The van der Waals surface area contributed by atoms with Crippen molar-refractivity contribution in [2.45, 2.75) is 0 Å². The molecule has 0 aliphatic rings. The average Bonchev–Trinajstić information content (AvgIpc) is 3.90. The molecule has 0 amide bonds. The van der Waals surface area contributed by atoms with E-state index in [0.717, 1.165) is 50.1 Å². The van der Waals surface area contributed by atoms with E-state index in [4.69, 9.17) is 15.0 Å². The molecule has 4 nitrogen and oxygen atoms in total. The van der Waals surface area contributed by atoms with Gasteiger partial charge >= 0.3 is 0 Å². The van der Waals surface area contributed by atoms with Gasteiger partial charge in [-0.3, -0.25) is 0 Å². The van der Waals surface area contributed by atoms with E-state index in [1.165, 1.54) is 58.1 Å². The average molecular weight is 833 g/mol. The Labute approximate surface area is 373 Å². The van der Waals surface area contributed by atoms with E-state index >= 15 is 0 Å². The van der Waals surface area contributed by atoms with Crippen molar-refractivity contribution < 1.29 is 0 Å². The minimum absolute atomic E-state index is 0.619. The van der Waals surface area contributed by atoms with Crippen LogP contribution in [0.3, 0.4) is 0 Å². The van der Waals surface area contributed by atoms with Crippen molar-refractivity contribution in [3.8, 4) is 62.1 Å². The van der Waals surface area contributed by atoms with E-state index < -0.39 is 0 Å². The Morgan fingerprint density at radius 3 is 1.55 bits per heavy atom. The Balaban J connectivity index is 1.09. The van der Waals surface area contributed by atoms with Gasteiger partial charge in [-0.25, -0.2) is 15.0 Å². The standard InChI is InChI=1S/C59H36N4S/c1-3-15-37(16-4-1)39-23-13-24-44(31-39)49-34-45(29-30-52(49)63-53-35-42-21-9-7-19-40(42)32-50(53)51-33-41-20-8-10-22-43(41)36-54(51)63)58-60-57(38-17-5-2-6-18-38)61-59(62-58)48-27-14-26-47-46-25-11-12-28-55(46)64-56(47)48/h1-36H. The van der Waals surface area contributed by atoms with Gasteiger partial charge in [-0.15, -0.1) is 11.3 Å². The fourth-order valence-electron chi connectivity index (χ4n) is 9.51. The number of hydrogen-bond acceptors (Lipinski definition) is 4. The predicted octanol–water partition coefficient (Wildman–Crippen LogP) is 16.0. The summed E-state index contributed by atoms with van der Waals surface area (Å²) >= 11 is 1.79. The maximum Gasteiger partial charge on any atom is 0.165 e. The van der Waals surface area contributed by atoms with Gasteiger partial charge in [-0.2, -0.15) is 0 Å². The highest BCUT2D eigenvalue weighted by Gasteiger charge is 2.21. The van der Waals surface area contributed by atoms with Gasteiger partial charge in [0.05, 0.1) is 16.7 Å². The smallest absolute Gasteiger partial charge is 0.165 e. The van der Waals surface area contributed by atoms with Gasteiger partial charge in [0.25, 0.3) is 0 Å². The Hall–Kier alpha value is -8.25. The first-order chi connectivity index (χ1) is 31.7. The zero-order chi connectivity index (χ0) is 42.1. The third kappa shape index (κ3) is 6.01. The van der Waals surface area contributed by atoms with Crippen LogP contribution in [0.2, 0.25) is 0 Å². The molecule has 10 aromatic carbocycles. The molecule has 0 aliphatic carbocycles. The molecule has 0 N–H and O–H groups in total. The molecular weight excluding hydrogens is 797 g/mol. The zero-order valence-corrected chi connectivity index (χ0v) is 35.3. The van der Waals surface area contributed by atoms with Crippen LogP contribution >= 0.6 is 11.3 Å². The van der Waals surface area contributed by atoms with Crippen molar-refractivity contribution in [2.24, 2.45) is 0 Å². The van der Waals surface area contributed by atoms with Gasteiger partial charge in [0.15, 0.2) is 17.5 Å². The molecule has 5 heteroatoms. The lowest BCUT2D eigenvalue weighted by atomic mass is 9.96. The molecule has 3 aromatic heterocycles. The van der Waals surface area contributed by atoms with Gasteiger partial charge in [-0.05, 0) is 98.9 Å². The van der Waals surface area contributed by atoms with Gasteiger partial charge in [-0.1, -0.05) is 158 Å². The highest BCUT2D eigenvalue weighted by Crippen LogP contribution is 2.43. The minimum Gasteiger partial charge on any atom is -0.309 e. The highest BCUT2D eigenvalue weighted by atomic mass is 32.1. The molecule has 3 heterocycles. The monoisotopic (exact) mass is 832 g/mol. The van der Waals surface area contributed by atoms with Gasteiger partial charge < -0.3 is 4.57 Å². The fourth-order valence-corrected chi connectivity index (χ4v) is 10.7. The van der Waals surface area contributed by atoms with Crippen LogP contribution in [0.15, 0.2) is 218 Å². The summed E-state index contributed by atoms with van der Waals surface area (Å²) in [5.74, 6) is 1.91. The molecule has 0 atom stereocenters. The summed E-state index contributed by atoms with van der Waals surface area (Å²) in [5, 5.41) is 9.73. The van der Waals surface area contributed by atoms with Crippen LogP contribution in [0.25, 0.3) is 126 Å². The van der Waals surface area contributed by atoms with Crippen molar-refractivity contribution >= 4 is 74.9 Å². The summed E-state index contributed by atoms with van der Waals surface area (Å²) in [6, 6.07) is 78.3. The Bertz CT molecular complexity index is 3870. The molecule has 13 aromatic rings. The quantitative estimate of drug-likeness (QED) is 0.168. The van der Waals surface area contributed by atoms with Gasteiger partial charge in [0.2, 0.25) is 0 Å². The van der Waals surface area contributed by atoms with E-state index in [9.17, 15) is 0 Å². The summed E-state index contributed by atoms with van der Waals surface area (Å²) < 4.78 is 4.88. The molecule has 0 radical (unpaired) electrons. The number of rotatable bonds is 6. The molecule has 0 aliphatic heterocycles. The minimum atomic E-state index is 0.619. The first kappa shape index (κ1) is 36.4. The second kappa shape index (κ2) is 14.7. The Morgan fingerprint density at radius 2 is 0.844 bits per heavy atom. The van der Waals surface area contributed by atoms with E-state index in [2.05, 4.69) is 205 Å². The molecule has 0 saturated heterocycles. The predicted molar refractivity (Wildman–Crippen MR) is 269 cm³/mol. The molecule has 64 heavy (non-hydrogen) atoms. The third-order valence-corrected chi connectivity index (χ3v) is 13.8. The Morgan fingerprint density at radius 1 is 0.312 bits per heavy atom. The summed E-state index contributed by atoms with van der Waals surface area (Å²) in [6.45, 7) is 0. The van der Waals surface area contributed by atoms with Crippen LogP contribution in [-0.2, 0) is 0 Å². The molecule has 13 rings (SSSR count). The van der Waals surface area contributed by atoms with E-state index in [0.29, 0.717) is 17.5 Å².